The summed E-state index contributed by atoms with van der Waals surface area (Å²) >= 11 is 0. The number of hydrogen-bond donors (Lipinski definition) is 2. The minimum absolute atomic E-state index is 0.000587. The van der Waals surface area contributed by atoms with Crippen molar-refractivity contribution in [2.45, 2.75) is 37.8 Å². The molecule has 0 bridgehead atoms. The summed E-state index contributed by atoms with van der Waals surface area (Å²) in [6.07, 6.45) is 6.84. The molecule has 2 heterocycles. The van der Waals surface area contributed by atoms with Gasteiger partial charge >= 0.3 is 6.03 Å². The number of likely N-dealkylation sites (N-methyl/N-ethyl adjacent to an activating group) is 1. The van der Waals surface area contributed by atoms with Crippen LogP contribution in [0, 0.1) is 0 Å². The molecule has 1 saturated carbocycles. The van der Waals surface area contributed by atoms with E-state index in [9.17, 15) is 4.79 Å². The molecule has 23 heavy (non-hydrogen) atoms. The molecule has 0 radical (unpaired) electrons. The molecule has 1 aliphatic carbocycles. The summed E-state index contributed by atoms with van der Waals surface area (Å²) in [5.41, 5.74) is -0.138. The normalized spacial score (nSPS) is 24.3. The lowest BCUT2D eigenvalue weighted by atomic mass is 9.80. The van der Waals surface area contributed by atoms with Crippen molar-refractivity contribution in [2.75, 3.05) is 39.8 Å². The van der Waals surface area contributed by atoms with Crippen LogP contribution in [0.4, 0.5) is 4.79 Å². The zero-order valence-corrected chi connectivity index (χ0v) is 14.0. The molecule has 1 saturated heterocycles. The van der Waals surface area contributed by atoms with Crippen molar-refractivity contribution in [3.63, 3.8) is 0 Å². The van der Waals surface area contributed by atoms with Gasteiger partial charge in [-0.15, -0.1) is 0 Å². The number of piperazine rings is 1. The third-order valence-electron chi connectivity index (χ3n) is 5.28. The minimum Gasteiger partial charge on any atom is -0.376 e. The molecule has 2 aliphatic rings. The fourth-order valence-electron chi connectivity index (χ4n) is 3.48. The van der Waals surface area contributed by atoms with E-state index in [1.807, 2.05) is 11.1 Å². The number of hydrogen-bond acceptors (Lipinski definition) is 4. The number of aromatic nitrogens is 2. The fraction of sp³-hybridized carbons (Fsp3) is 0.750. The summed E-state index contributed by atoms with van der Waals surface area (Å²) in [6.45, 7) is 5.97. The van der Waals surface area contributed by atoms with E-state index >= 15 is 0 Å². The first-order chi connectivity index (χ1) is 11.2. The van der Waals surface area contributed by atoms with Crippen LogP contribution in [0.25, 0.3) is 0 Å². The Labute approximate surface area is 137 Å². The Hall–Kier alpha value is -1.60. The molecule has 0 spiro atoms. The highest BCUT2D eigenvalue weighted by atomic mass is 16.5. The Morgan fingerprint density at radius 2 is 2.35 bits per heavy atom. The van der Waals surface area contributed by atoms with E-state index in [2.05, 4.69) is 27.1 Å². The predicted octanol–water partition coefficient (Wildman–Crippen LogP) is 1.37. The SMILES string of the molecule is CCN1CCN(C(=O)NCC2(OC)CCC2)C[C@@H]1c1ncc[nH]1. The van der Waals surface area contributed by atoms with Gasteiger partial charge in [0.15, 0.2) is 0 Å². The maximum atomic E-state index is 12.5. The van der Waals surface area contributed by atoms with E-state index in [1.54, 1.807) is 13.3 Å². The molecule has 7 heteroatoms. The summed E-state index contributed by atoms with van der Waals surface area (Å²) in [5.74, 6) is 0.928. The number of ether oxygens (including phenoxy) is 1. The monoisotopic (exact) mass is 321 g/mol. The molecule has 2 N–H and O–H groups in total. The number of nitrogens with one attached hydrogen (secondary N) is 2. The molecule has 0 unspecified atom stereocenters. The van der Waals surface area contributed by atoms with Crippen LogP contribution in [0.15, 0.2) is 12.4 Å². The van der Waals surface area contributed by atoms with Crippen LogP contribution in [-0.4, -0.2) is 71.2 Å². The number of methoxy groups -OCH3 is 1. The zero-order valence-electron chi connectivity index (χ0n) is 14.0. The van der Waals surface area contributed by atoms with E-state index in [1.165, 1.54) is 6.42 Å². The molecule has 1 aliphatic heterocycles. The van der Waals surface area contributed by atoms with Gasteiger partial charge in [0, 0.05) is 45.7 Å². The molecule has 0 aromatic carbocycles. The zero-order chi connectivity index (χ0) is 16.3. The Kier molecular flexibility index (Phi) is 4.87. The molecule has 1 atom stereocenters. The van der Waals surface area contributed by atoms with E-state index in [-0.39, 0.29) is 17.7 Å². The lowest BCUT2D eigenvalue weighted by Gasteiger charge is -2.42. The topological polar surface area (TPSA) is 73.5 Å². The highest BCUT2D eigenvalue weighted by Gasteiger charge is 2.38. The first kappa shape index (κ1) is 16.3. The van der Waals surface area contributed by atoms with Gasteiger partial charge < -0.3 is 19.9 Å². The lowest BCUT2D eigenvalue weighted by molar-refractivity contribution is -0.0681. The standard InChI is InChI=1S/C16H27N5O2/c1-3-20-9-10-21(11-13(20)14-17-7-8-18-14)15(22)19-12-16(23-2)5-4-6-16/h7-8,13H,3-6,9-12H2,1-2H3,(H,17,18)(H,19,22)/t13-/m1/s1. The van der Waals surface area contributed by atoms with Crippen LogP contribution in [0.2, 0.25) is 0 Å². The van der Waals surface area contributed by atoms with Crippen LogP contribution in [0.5, 0.6) is 0 Å². The maximum Gasteiger partial charge on any atom is 0.317 e. The van der Waals surface area contributed by atoms with Crippen molar-refractivity contribution in [1.29, 1.82) is 0 Å². The number of nitrogens with zero attached hydrogens (tertiary/aromatic N) is 3. The second kappa shape index (κ2) is 6.88. The highest BCUT2D eigenvalue weighted by Crippen LogP contribution is 2.34. The summed E-state index contributed by atoms with van der Waals surface area (Å²) in [5, 5.41) is 3.06. The van der Waals surface area contributed by atoms with Gasteiger partial charge in [-0.2, -0.15) is 0 Å². The van der Waals surface area contributed by atoms with Gasteiger partial charge in [-0.25, -0.2) is 9.78 Å². The number of carbonyl (C=O) groups excluding carboxylic acids is 1. The van der Waals surface area contributed by atoms with E-state index < -0.39 is 0 Å². The van der Waals surface area contributed by atoms with Gasteiger partial charge in [0.2, 0.25) is 0 Å². The number of urea groups is 1. The van der Waals surface area contributed by atoms with E-state index in [4.69, 9.17) is 4.74 Å². The third-order valence-corrected chi connectivity index (χ3v) is 5.28. The van der Waals surface area contributed by atoms with E-state index in [0.717, 1.165) is 38.3 Å². The van der Waals surface area contributed by atoms with Crippen LogP contribution in [0.3, 0.4) is 0 Å². The van der Waals surface area contributed by atoms with Crippen molar-refractivity contribution >= 4 is 6.03 Å². The fourth-order valence-corrected chi connectivity index (χ4v) is 3.48. The first-order valence-corrected chi connectivity index (χ1v) is 8.49. The number of H-pyrrole nitrogens is 1. The number of carbonyl (C=O) groups is 1. The molecule has 128 valence electrons. The van der Waals surface area contributed by atoms with Crippen molar-refractivity contribution < 1.29 is 9.53 Å². The van der Waals surface area contributed by atoms with Crippen molar-refractivity contribution in [3.05, 3.63) is 18.2 Å². The minimum atomic E-state index is -0.138. The van der Waals surface area contributed by atoms with Crippen LogP contribution < -0.4 is 5.32 Å². The molecule has 1 aromatic heterocycles. The quantitative estimate of drug-likeness (QED) is 0.859. The summed E-state index contributed by atoms with van der Waals surface area (Å²) in [6, 6.07) is 0.134. The second-order valence-electron chi connectivity index (χ2n) is 6.46. The van der Waals surface area contributed by atoms with E-state index in [0.29, 0.717) is 13.1 Å². The largest absolute Gasteiger partial charge is 0.376 e. The van der Waals surface area contributed by atoms with Crippen molar-refractivity contribution in [3.8, 4) is 0 Å². The molecule has 1 aromatic rings. The van der Waals surface area contributed by atoms with Gasteiger partial charge in [-0.05, 0) is 25.8 Å². The third kappa shape index (κ3) is 3.35. The second-order valence-corrected chi connectivity index (χ2v) is 6.46. The number of amides is 2. The highest BCUT2D eigenvalue weighted by molar-refractivity contribution is 5.74. The van der Waals surface area contributed by atoms with Gasteiger partial charge in [-0.3, -0.25) is 4.90 Å². The van der Waals surface area contributed by atoms with Crippen LogP contribution in [0.1, 0.15) is 38.1 Å². The molecule has 7 nitrogen and oxygen atoms in total. The van der Waals surface area contributed by atoms with Crippen molar-refractivity contribution in [2.24, 2.45) is 0 Å². The van der Waals surface area contributed by atoms with Gasteiger partial charge in [0.1, 0.15) is 5.82 Å². The van der Waals surface area contributed by atoms with Crippen LogP contribution in [-0.2, 0) is 4.74 Å². The molecule has 2 amide bonds. The van der Waals surface area contributed by atoms with Gasteiger partial charge in [0.05, 0.1) is 11.6 Å². The van der Waals surface area contributed by atoms with Crippen molar-refractivity contribution in [1.82, 2.24) is 25.1 Å². The number of aromatic amines is 1. The molecule has 3 rings (SSSR count). The Balaban J connectivity index is 1.58. The Morgan fingerprint density at radius 3 is 2.91 bits per heavy atom. The average Bonchev–Trinajstić information content (AvgIpc) is 3.07. The molecule has 2 fully saturated rings. The Bertz CT molecular complexity index is 509. The molecular weight excluding hydrogens is 294 g/mol. The number of rotatable bonds is 5. The Morgan fingerprint density at radius 1 is 1.52 bits per heavy atom. The predicted molar refractivity (Wildman–Crippen MR) is 87.1 cm³/mol. The van der Waals surface area contributed by atoms with Gasteiger partial charge in [-0.1, -0.05) is 6.92 Å². The number of imidazole rings is 1. The summed E-state index contributed by atoms with van der Waals surface area (Å²) in [4.78, 5) is 24.3. The summed E-state index contributed by atoms with van der Waals surface area (Å²) in [7, 11) is 1.73. The first-order valence-electron chi connectivity index (χ1n) is 8.49. The molecular formula is C16H27N5O2. The van der Waals surface area contributed by atoms with Crippen LogP contribution >= 0.6 is 0 Å². The summed E-state index contributed by atoms with van der Waals surface area (Å²) < 4.78 is 5.57. The lowest BCUT2D eigenvalue weighted by Crippen LogP contribution is -2.56. The smallest absolute Gasteiger partial charge is 0.317 e. The maximum absolute atomic E-state index is 12.5. The average molecular weight is 321 g/mol. The van der Waals surface area contributed by atoms with Gasteiger partial charge in [0.25, 0.3) is 0 Å².